The van der Waals surface area contributed by atoms with Crippen molar-refractivity contribution in [1.82, 2.24) is 9.80 Å². The van der Waals surface area contributed by atoms with Crippen molar-refractivity contribution < 1.29 is 19.1 Å². The van der Waals surface area contributed by atoms with E-state index in [0.29, 0.717) is 37.4 Å². The second-order valence-electron chi connectivity index (χ2n) is 8.02. The fourth-order valence-electron chi connectivity index (χ4n) is 4.37. The van der Waals surface area contributed by atoms with Gasteiger partial charge in [0, 0.05) is 31.5 Å². The molecule has 0 radical (unpaired) electrons. The molecule has 0 N–H and O–H groups in total. The summed E-state index contributed by atoms with van der Waals surface area (Å²) in [5, 5.41) is 0. The minimum atomic E-state index is -0.218. The van der Waals surface area contributed by atoms with Gasteiger partial charge in [-0.25, -0.2) is 0 Å². The largest absolute Gasteiger partial charge is 0.371 e. The molecule has 134 valence electrons. The summed E-state index contributed by atoms with van der Waals surface area (Å²) in [5.41, 5.74) is -0.218. The van der Waals surface area contributed by atoms with E-state index in [4.69, 9.17) is 9.47 Å². The van der Waals surface area contributed by atoms with Gasteiger partial charge in [-0.1, -0.05) is 6.92 Å². The van der Waals surface area contributed by atoms with Crippen LogP contribution in [0.3, 0.4) is 0 Å². The molecule has 0 aromatic heterocycles. The number of nitrogens with zero attached hydrogens (tertiary/aromatic N) is 2. The van der Waals surface area contributed by atoms with E-state index >= 15 is 0 Å². The fourth-order valence-corrected chi connectivity index (χ4v) is 4.37. The predicted molar refractivity (Wildman–Crippen MR) is 87.3 cm³/mol. The van der Waals surface area contributed by atoms with E-state index in [-0.39, 0.29) is 24.0 Å². The molecule has 4 rings (SSSR count). The van der Waals surface area contributed by atoms with Crippen molar-refractivity contribution in [3.05, 3.63) is 0 Å². The lowest BCUT2D eigenvalue weighted by atomic mass is 9.81. The molecule has 3 aliphatic heterocycles. The van der Waals surface area contributed by atoms with Gasteiger partial charge in [-0.3, -0.25) is 9.59 Å². The Morgan fingerprint density at radius 2 is 1.92 bits per heavy atom. The van der Waals surface area contributed by atoms with Gasteiger partial charge in [-0.05, 0) is 31.6 Å². The molecule has 3 atom stereocenters. The lowest BCUT2D eigenvalue weighted by Gasteiger charge is -2.50. The van der Waals surface area contributed by atoms with Crippen LogP contribution in [0.15, 0.2) is 0 Å². The van der Waals surface area contributed by atoms with Crippen LogP contribution in [0.2, 0.25) is 0 Å². The van der Waals surface area contributed by atoms with Crippen LogP contribution in [0.1, 0.15) is 32.6 Å². The van der Waals surface area contributed by atoms with Crippen LogP contribution in [0.4, 0.5) is 0 Å². The molecule has 1 saturated carbocycles. The summed E-state index contributed by atoms with van der Waals surface area (Å²) in [7, 11) is 0. The Morgan fingerprint density at radius 3 is 2.58 bits per heavy atom. The van der Waals surface area contributed by atoms with Crippen LogP contribution in [-0.4, -0.2) is 73.2 Å². The number of hydrogen-bond donors (Lipinski definition) is 0. The van der Waals surface area contributed by atoms with E-state index in [9.17, 15) is 9.59 Å². The Balaban J connectivity index is 1.22. The third-order valence-corrected chi connectivity index (χ3v) is 6.26. The molecule has 4 fully saturated rings. The van der Waals surface area contributed by atoms with Gasteiger partial charge < -0.3 is 19.3 Å². The van der Waals surface area contributed by atoms with Crippen LogP contribution in [0.5, 0.6) is 0 Å². The van der Waals surface area contributed by atoms with E-state index in [2.05, 4.69) is 6.92 Å². The number of hydrogen-bond acceptors (Lipinski definition) is 4. The SMILES string of the molecule is C[C@@H]1C[C@H]1C(=O)N1CC2(C1)OCC[C@H]2COCC(=O)N1CCCC1. The topological polar surface area (TPSA) is 59.1 Å². The first kappa shape index (κ1) is 16.3. The summed E-state index contributed by atoms with van der Waals surface area (Å²) < 4.78 is 11.7. The molecule has 24 heavy (non-hydrogen) atoms. The molecule has 4 aliphatic rings. The quantitative estimate of drug-likeness (QED) is 0.748. The number of ether oxygens (including phenoxy) is 2. The maximum absolute atomic E-state index is 12.3. The molecular formula is C18H28N2O4. The molecule has 6 heteroatoms. The molecule has 3 saturated heterocycles. The molecular weight excluding hydrogens is 308 g/mol. The summed E-state index contributed by atoms with van der Waals surface area (Å²) in [4.78, 5) is 28.2. The first-order valence-corrected chi connectivity index (χ1v) is 9.37. The van der Waals surface area contributed by atoms with Crippen LogP contribution in [-0.2, 0) is 19.1 Å². The molecule has 1 aliphatic carbocycles. The molecule has 0 unspecified atom stereocenters. The van der Waals surface area contributed by atoms with Crippen LogP contribution >= 0.6 is 0 Å². The summed E-state index contributed by atoms with van der Waals surface area (Å²) in [6, 6.07) is 0. The average Bonchev–Trinajstić information content (AvgIpc) is 2.97. The summed E-state index contributed by atoms with van der Waals surface area (Å²) in [6.07, 6.45) is 4.21. The van der Waals surface area contributed by atoms with Crippen molar-refractivity contribution in [3.63, 3.8) is 0 Å². The molecule has 2 amide bonds. The maximum Gasteiger partial charge on any atom is 0.248 e. The molecule has 1 spiro atoms. The number of amides is 2. The Hall–Kier alpha value is -1.14. The van der Waals surface area contributed by atoms with Crippen molar-refractivity contribution in [1.29, 1.82) is 0 Å². The van der Waals surface area contributed by atoms with Gasteiger partial charge in [0.15, 0.2) is 0 Å². The average molecular weight is 336 g/mol. The van der Waals surface area contributed by atoms with Crippen molar-refractivity contribution in [3.8, 4) is 0 Å². The van der Waals surface area contributed by atoms with E-state index in [1.807, 2.05) is 9.80 Å². The second kappa shape index (κ2) is 6.30. The van der Waals surface area contributed by atoms with Gasteiger partial charge in [0.05, 0.1) is 19.7 Å². The number of rotatable bonds is 5. The molecule has 0 aromatic rings. The Bertz CT molecular complexity index is 511. The van der Waals surface area contributed by atoms with Crippen molar-refractivity contribution >= 4 is 11.8 Å². The highest BCUT2D eigenvalue weighted by atomic mass is 16.5. The third-order valence-electron chi connectivity index (χ3n) is 6.26. The Labute approximate surface area is 143 Å². The van der Waals surface area contributed by atoms with Crippen molar-refractivity contribution in [2.75, 3.05) is 46.0 Å². The van der Waals surface area contributed by atoms with Gasteiger partial charge >= 0.3 is 0 Å². The third kappa shape index (κ3) is 2.94. The first-order valence-electron chi connectivity index (χ1n) is 9.37. The van der Waals surface area contributed by atoms with E-state index in [1.54, 1.807) is 0 Å². The lowest BCUT2D eigenvalue weighted by Crippen LogP contribution is -2.67. The van der Waals surface area contributed by atoms with Gasteiger partial charge in [0.1, 0.15) is 12.2 Å². The van der Waals surface area contributed by atoms with Crippen molar-refractivity contribution in [2.45, 2.75) is 38.2 Å². The first-order chi connectivity index (χ1) is 11.6. The normalized spacial score (nSPS) is 33.8. The minimum Gasteiger partial charge on any atom is -0.371 e. The van der Waals surface area contributed by atoms with Crippen LogP contribution in [0, 0.1) is 17.8 Å². The lowest BCUT2D eigenvalue weighted by molar-refractivity contribution is -0.170. The van der Waals surface area contributed by atoms with Gasteiger partial charge in [-0.2, -0.15) is 0 Å². The van der Waals surface area contributed by atoms with E-state index in [1.165, 1.54) is 0 Å². The molecule has 3 heterocycles. The van der Waals surface area contributed by atoms with Gasteiger partial charge in [0.2, 0.25) is 11.8 Å². The zero-order chi connectivity index (χ0) is 16.7. The highest BCUT2D eigenvalue weighted by Crippen LogP contribution is 2.45. The Kier molecular flexibility index (Phi) is 4.29. The molecule has 0 aromatic carbocycles. The second-order valence-corrected chi connectivity index (χ2v) is 8.02. The zero-order valence-corrected chi connectivity index (χ0v) is 14.5. The number of carbonyl (C=O) groups is 2. The van der Waals surface area contributed by atoms with E-state index < -0.39 is 0 Å². The van der Waals surface area contributed by atoms with Crippen LogP contribution in [0.25, 0.3) is 0 Å². The zero-order valence-electron chi connectivity index (χ0n) is 14.5. The van der Waals surface area contributed by atoms with Crippen LogP contribution < -0.4 is 0 Å². The summed E-state index contributed by atoms with van der Waals surface area (Å²) in [6.45, 7) is 6.74. The standard InChI is InChI=1S/C18H28N2O4/c1-13-8-15(13)17(22)20-11-18(12-20)14(4-7-24-18)9-23-10-16(21)19-5-2-3-6-19/h13-15H,2-12H2,1H3/t13-,14+,15-/m1/s1. The molecule has 6 nitrogen and oxygen atoms in total. The van der Waals surface area contributed by atoms with E-state index in [0.717, 1.165) is 45.4 Å². The molecule has 0 bridgehead atoms. The fraction of sp³-hybridized carbons (Fsp3) is 0.889. The minimum absolute atomic E-state index is 0.105. The number of carbonyl (C=O) groups excluding carboxylic acids is 2. The highest BCUT2D eigenvalue weighted by Gasteiger charge is 2.56. The monoisotopic (exact) mass is 336 g/mol. The van der Waals surface area contributed by atoms with Gasteiger partial charge in [-0.15, -0.1) is 0 Å². The van der Waals surface area contributed by atoms with Crippen molar-refractivity contribution in [2.24, 2.45) is 17.8 Å². The maximum atomic E-state index is 12.3. The smallest absolute Gasteiger partial charge is 0.248 e. The summed E-state index contributed by atoms with van der Waals surface area (Å²) in [5.74, 6) is 1.50. The highest BCUT2D eigenvalue weighted by molar-refractivity contribution is 5.82. The van der Waals surface area contributed by atoms with Gasteiger partial charge in [0.25, 0.3) is 0 Å². The predicted octanol–water partition coefficient (Wildman–Crippen LogP) is 0.899. The summed E-state index contributed by atoms with van der Waals surface area (Å²) >= 11 is 0. The number of likely N-dealkylation sites (tertiary alicyclic amines) is 2. The Morgan fingerprint density at radius 1 is 1.21 bits per heavy atom.